The zero-order valence-electron chi connectivity index (χ0n) is 10.5. The molecule has 0 aromatic rings. The maximum atomic E-state index is 9.01. The highest BCUT2D eigenvalue weighted by Gasteiger charge is 2.13. The van der Waals surface area contributed by atoms with Crippen LogP contribution in [0.15, 0.2) is 0 Å². The van der Waals surface area contributed by atoms with E-state index >= 15 is 0 Å². The van der Waals surface area contributed by atoms with E-state index < -0.39 is 0 Å². The lowest BCUT2D eigenvalue weighted by molar-refractivity contribution is 0.106. The molecule has 0 heterocycles. The van der Waals surface area contributed by atoms with Crippen LogP contribution in [0.2, 0.25) is 0 Å². The molecule has 3 heteroatoms. The number of hydrogen-bond donors (Lipinski definition) is 1. The fraction of sp³-hybridized carbons (Fsp3) is 1.00. The van der Waals surface area contributed by atoms with Crippen LogP contribution in [0.5, 0.6) is 0 Å². The van der Waals surface area contributed by atoms with Crippen LogP contribution in [0.3, 0.4) is 0 Å². The lowest BCUT2D eigenvalue weighted by Gasteiger charge is -2.29. The maximum absolute atomic E-state index is 9.01. The molecule has 0 aromatic carbocycles. The van der Waals surface area contributed by atoms with E-state index in [1.807, 2.05) is 6.92 Å². The number of nitrogens with zero attached hydrogens (tertiary/aromatic N) is 1. The highest BCUT2D eigenvalue weighted by atomic mass is 16.5. The van der Waals surface area contributed by atoms with Crippen LogP contribution in [0.25, 0.3) is 0 Å². The van der Waals surface area contributed by atoms with Crippen molar-refractivity contribution in [3.8, 4) is 0 Å². The highest BCUT2D eigenvalue weighted by Crippen LogP contribution is 2.08. The molecule has 0 unspecified atom stereocenters. The number of rotatable bonds is 10. The Morgan fingerprint density at radius 2 is 1.80 bits per heavy atom. The second-order valence-electron chi connectivity index (χ2n) is 3.78. The van der Waals surface area contributed by atoms with Crippen LogP contribution in [0.1, 0.15) is 40.0 Å². The van der Waals surface area contributed by atoms with Gasteiger partial charge in [0.05, 0.1) is 6.61 Å². The van der Waals surface area contributed by atoms with E-state index in [9.17, 15) is 0 Å². The summed E-state index contributed by atoms with van der Waals surface area (Å²) < 4.78 is 5.32. The van der Waals surface area contributed by atoms with E-state index in [2.05, 4.69) is 18.7 Å². The van der Waals surface area contributed by atoms with Crippen molar-refractivity contribution in [2.24, 2.45) is 0 Å². The van der Waals surface area contributed by atoms with Gasteiger partial charge in [0.2, 0.25) is 0 Å². The molecule has 0 aromatic heterocycles. The van der Waals surface area contributed by atoms with E-state index in [1.54, 1.807) is 0 Å². The zero-order valence-corrected chi connectivity index (χ0v) is 10.5. The van der Waals surface area contributed by atoms with Crippen LogP contribution in [0.4, 0.5) is 0 Å². The van der Waals surface area contributed by atoms with Gasteiger partial charge in [0.25, 0.3) is 0 Å². The molecule has 0 rings (SSSR count). The van der Waals surface area contributed by atoms with E-state index in [4.69, 9.17) is 9.84 Å². The molecule has 1 N–H and O–H groups in total. The molecule has 0 bridgehead atoms. The smallest absolute Gasteiger partial charge is 0.0558 e. The molecule has 0 aliphatic carbocycles. The summed E-state index contributed by atoms with van der Waals surface area (Å²) >= 11 is 0. The summed E-state index contributed by atoms with van der Waals surface area (Å²) in [5.41, 5.74) is 0. The van der Waals surface area contributed by atoms with Gasteiger partial charge in [-0.2, -0.15) is 0 Å². The number of ether oxygens (including phenoxy) is 1. The third-order valence-electron chi connectivity index (χ3n) is 2.78. The summed E-state index contributed by atoms with van der Waals surface area (Å²) in [6.07, 6.45) is 3.38. The Balaban J connectivity index is 3.80. The Kier molecular flexibility index (Phi) is 10.3. The fourth-order valence-corrected chi connectivity index (χ4v) is 1.92. The molecule has 0 fully saturated rings. The number of hydrogen-bond acceptors (Lipinski definition) is 3. The predicted molar refractivity (Wildman–Crippen MR) is 64.1 cm³/mol. The molecule has 0 saturated carbocycles. The third-order valence-corrected chi connectivity index (χ3v) is 2.78. The molecule has 0 atom stereocenters. The van der Waals surface area contributed by atoms with Gasteiger partial charge < -0.3 is 9.84 Å². The molecular formula is C12H27NO2. The van der Waals surface area contributed by atoms with Crippen LogP contribution in [-0.4, -0.2) is 49.0 Å². The first-order valence-corrected chi connectivity index (χ1v) is 6.22. The van der Waals surface area contributed by atoms with Crippen molar-refractivity contribution in [3.05, 3.63) is 0 Å². The monoisotopic (exact) mass is 217 g/mol. The second kappa shape index (κ2) is 10.4. The van der Waals surface area contributed by atoms with E-state index in [1.165, 1.54) is 0 Å². The van der Waals surface area contributed by atoms with Gasteiger partial charge in [0.15, 0.2) is 0 Å². The molecular weight excluding hydrogens is 190 g/mol. The van der Waals surface area contributed by atoms with Gasteiger partial charge in [0, 0.05) is 32.3 Å². The van der Waals surface area contributed by atoms with Crippen molar-refractivity contribution < 1.29 is 9.84 Å². The third kappa shape index (κ3) is 6.88. The van der Waals surface area contributed by atoms with Gasteiger partial charge in [-0.15, -0.1) is 0 Å². The van der Waals surface area contributed by atoms with Gasteiger partial charge in [-0.05, 0) is 26.2 Å². The van der Waals surface area contributed by atoms with Gasteiger partial charge in [-0.3, -0.25) is 4.90 Å². The fourth-order valence-electron chi connectivity index (χ4n) is 1.92. The minimum absolute atomic E-state index is 0.255. The Hall–Kier alpha value is -0.120. The molecule has 0 radical (unpaired) electrons. The van der Waals surface area contributed by atoms with E-state index in [0.717, 1.165) is 45.6 Å². The minimum atomic E-state index is 0.255. The molecule has 0 aliphatic rings. The first kappa shape index (κ1) is 14.9. The summed E-state index contributed by atoms with van der Waals surface area (Å²) in [6.45, 7) is 10.1. The Bertz CT molecular complexity index is 127. The Labute approximate surface area is 94.4 Å². The summed E-state index contributed by atoms with van der Waals surface area (Å²) in [6, 6.07) is 0.610. The van der Waals surface area contributed by atoms with Crippen LogP contribution >= 0.6 is 0 Å². The zero-order chi connectivity index (χ0) is 11.5. The molecule has 0 saturated heterocycles. The van der Waals surface area contributed by atoms with Crippen LogP contribution in [-0.2, 0) is 4.74 Å². The predicted octanol–water partition coefficient (Wildman–Crippen LogP) is 1.90. The first-order valence-electron chi connectivity index (χ1n) is 6.22. The van der Waals surface area contributed by atoms with Crippen molar-refractivity contribution in [2.75, 3.05) is 32.9 Å². The molecule has 3 nitrogen and oxygen atoms in total. The lowest BCUT2D eigenvalue weighted by atomic mass is 10.1. The quantitative estimate of drug-likeness (QED) is 0.567. The summed E-state index contributed by atoms with van der Waals surface area (Å²) in [5.74, 6) is 0. The average Bonchev–Trinajstić information content (AvgIpc) is 2.26. The molecule has 0 spiro atoms. The second-order valence-corrected chi connectivity index (χ2v) is 3.78. The summed E-state index contributed by atoms with van der Waals surface area (Å²) in [5, 5.41) is 9.01. The number of aliphatic hydroxyl groups is 1. The standard InChI is InChI=1S/C12H27NO2/c1-4-12(5-2)13(9-10-14)8-7-11-15-6-3/h12,14H,4-11H2,1-3H3. The van der Waals surface area contributed by atoms with Gasteiger partial charge >= 0.3 is 0 Å². The molecule has 0 aliphatic heterocycles. The lowest BCUT2D eigenvalue weighted by Crippen LogP contribution is -2.37. The van der Waals surface area contributed by atoms with Crippen LogP contribution in [0, 0.1) is 0 Å². The van der Waals surface area contributed by atoms with Crippen molar-refractivity contribution in [3.63, 3.8) is 0 Å². The highest BCUT2D eigenvalue weighted by molar-refractivity contribution is 4.68. The largest absolute Gasteiger partial charge is 0.395 e. The Morgan fingerprint density at radius 3 is 2.27 bits per heavy atom. The molecule has 0 amide bonds. The number of aliphatic hydroxyl groups excluding tert-OH is 1. The van der Waals surface area contributed by atoms with Crippen molar-refractivity contribution in [2.45, 2.75) is 46.1 Å². The van der Waals surface area contributed by atoms with Gasteiger partial charge in [0.1, 0.15) is 0 Å². The summed E-state index contributed by atoms with van der Waals surface area (Å²) in [4.78, 5) is 2.37. The first-order chi connectivity index (χ1) is 7.29. The molecule has 92 valence electrons. The van der Waals surface area contributed by atoms with E-state index in [0.29, 0.717) is 6.04 Å². The Morgan fingerprint density at radius 1 is 1.13 bits per heavy atom. The maximum Gasteiger partial charge on any atom is 0.0558 e. The van der Waals surface area contributed by atoms with Crippen molar-refractivity contribution >= 4 is 0 Å². The van der Waals surface area contributed by atoms with Crippen molar-refractivity contribution in [1.29, 1.82) is 0 Å². The van der Waals surface area contributed by atoms with Crippen molar-refractivity contribution in [1.82, 2.24) is 4.90 Å². The van der Waals surface area contributed by atoms with Crippen LogP contribution < -0.4 is 0 Å². The molecule has 15 heavy (non-hydrogen) atoms. The normalized spacial score (nSPS) is 11.6. The van der Waals surface area contributed by atoms with Gasteiger partial charge in [-0.1, -0.05) is 13.8 Å². The average molecular weight is 217 g/mol. The SMILES string of the molecule is CCOCCCN(CCO)C(CC)CC. The summed E-state index contributed by atoms with van der Waals surface area (Å²) in [7, 11) is 0. The topological polar surface area (TPSA) is 32.7 Å². The minimum Gasteiger partial charge on any atom is -0.395 e. The van der Waals surface area contributed by atoms with E-state index in [-0.39, 0.29) is 6.61 Å². The van der Waals surface area contributed by atoms with Gasteiger partial charge in [-0.25, -0.2) is 0 Å².